The fourth-order valence-corrected chi connectivity index (χ4v) is 1.59. The maximum Gasteiger partial charge on any atom is 0.412 e. The molecule has 3 nitrogen and oxygen atoms in total. The predicted molar refractivity (Wildman–Crippen MR) is 70.6 cm³/mol. The zero-order valence-corrected chi connectivity index (χ0v) is 10.0. The van der Waals surface area contributed by atoms with Crippen LogP contribution in [0.2, 0.25) is 0 Å². The maximum atomic E-state index is 11.5. The van der Waals surface area contributed by atoms with Crippen molar-refractivity contribution in [3.8, 4) is 5.75 Å². The topological polar surface area (TPSA) is 38.3 Å². The number of amides is 1. The summed E-state index contributed by atoms with van der Waals surface area (Å²) >= 11 is 0. The SMILES string of the molecule is O=C(NCCc1ccccc1)Oc1ccccc1. The summed E-state index contributed by atoms with van der Waals surface area (Å²) in [5.74, 6) is 0.551. The molecule has 1 amide bonds. The zero-order chi connectivity index (χ0) is 12.6. The lowest BCUT2D eigenvalue weighted by Crippen LogP contribution is -2.28. The minimum Gasteiger partial charge on any atom is -0.410 e. The number of hydrogen-bond acceptors (Lipinski definition) is 2. The smallest absolute Gasteiger partial charge is 0.410 e. The number of ether oxygens (including phenoxy) is 1. The van der Waals surface area contributed by atoms with E-state index in [0.29, 0.717) is 12.3 Å². The first-order chi connectivity index (χ1) is 8.84. The van der Waals surface area contributed by atoms with Crippen LogP contribution in [0.15, 0.2) is 60.7 Å². The number of nitrogens with one attached hydrogen (secondary N) is 1. The van der Waals surface area contributed by atoms with Gasteiger partial charge in [0.05, 0.1) is 0 Å². The summed E-state index contributed by atoms with van der Waals surface area (Å²) in [5.41, 5.74) is 1.19. The zero-order valence-electron chi connectivity index (χ0n) is 10.0. The van der Waals surface area contributed by atoms with Gasteiger partial charge in [-0.25, -0.2) is 4.79 Å². The van der Waals surface area contributed by atoms with Gasteiger partial charge < -0.3 is 10.1 Å². The van der Waals surface area contributed by atoms with Crippen molar-refractivity contribution in [1.29, 1.82) is 0 Å². The molecule has 2 aromatic rings. The van der Waals surface area contributed by atoms with Crippen molar-refractivity contribution in [2.24, 2.45) is 0 Å². The number of hydrogen-bond donors (Lipinski definition) is 1. The van der Waals surface area contributed by atoms with Crippen LogP contribution in [0.3, 0.4) is 0 Å². The molecule has 1 N–H and O–H groups in total. The van der Waals surface area contributed by atoms with Crippen LogP contribution < -0.4 is 10.1 Å². The van der Waals surface area contributed by atoms with Crippen LogP contribution in [0.5, 0.6) is 5.75 Å². The first-order valence-electron chi connectivity index (χ1n) is 5.89. The average Bonchev–Trinajstić information content (AvgIpc) is 2.41. The van der Waals surface area contributed by atoms with Crippen LogP contribution in [0.1, 0.15) is 5.56 Å². The van der Waals surface area contributed by atoms with Gasteiger partial charge in [0.2, 0.25) is 0 Å². The Bertz CT molecular complexity index is 482. The largest absolute Gasteiger partial charge is 0.412 e. The summed E-state index contributed by atoms with van der Waals surface area (Å²) in [5, 5.41) is 2.72. The van der Waals surface area contributed by atoms with Crippen molar-refractivity contribution in [1.82, 2.24) is 5.32 Å². The minimum atomic E-state index is -0.419. The van der Waals surface area contributed by atoms with Crippen LogP contribution in [-0.2, 0) is 6.42 Å². The van der Waals surface area contributed by atoms with E-state index in [2.05, 4.69) is 5.32 Å². The van der Waals surface area contributed by atoms with Gasteiger partial charge in [0, 0.05) is 6.54 Å². The molecule has 92 valence electrons. The molecule has 0 heterocycles. The minimum absolute atomic E-state index is 0.419. The number of carbonyl (C=O) groups is 1. The van der Waals surface area contributed by atoms with Crippen molar-refractivity contribution < 1.29 is 9.53 Å². The van der Waals surface area contributed by atoms with Crippen LogP contribution in [0, 0.1) is 0 Å². The number of para-hydroxylation sites is 1. The van der Waals surface area contributed by atoms with E-state index in [9.17, 15) is 4.79 Å². The van der Waals surface area contributed by atoms with E-state index in [1.807, 2.05) is 48.5 Å². The van der Waals surface area contributed by atoms with Crippen molar-refractivity contribution in [3.05, 3.63) is 66.2 Å². The highest BCUT2D eigenvalue weighted by Gasteiger charge is 2.02. The third kappa shape index (κ3) is 3.94. The predicted octanol–water partition coefficient (Wildman–Crippen LogP) is 3.02. The molecule has 18 heavy (non-hydrogen) atoms. The molecule has 0 fully saturated rings. The van der Waals surface area contributed by atoms with Gasteiger partial charge in [-0.2, -0.15) is 0 Å². The van der Waals surface area contributed by atoms with Gasteiger partial charge in [-0.15, -0.1) is 0 Å². The molecule has 0 aliphatic rings. The molecule has 2 rings (SSSR count). The van der Waals surface area contributed by atoms with Gasteiger partial charge in [0.25, 0.3) is 0 Å². The molecule has 0 aromatic heterocycles. The Hall–Kier alpha value is -2.29. The Morgan fingerprint density at radius 3 is 2.22 bits per heavy atom. The molecule has 0 bridgehead atoms. The fourth-order valence-electron chi connectivity index (χ4n) is 1.59. The Morgan fingerprint density at radius 2 is 1.56 bits per heavy atom. The van der Waals surface area contributed by atoms with Gasteiger partial charge in [-0.05, 0) is 24.1 Å². The quantitative estimate of drug-likeness (QED) is 0.893. The first-order valence-corrected chi connectivity index (χ1v) is 5.89. The molecular weight excluding hydrogens is 226 g/mol. The Kier molecular flexibility index (Phi) is 4.36. The maximum absolute atomic E-state index is 11.5. The van der Waals surface area contributed by atoms with Crippen LogP contribution >= 0.6 is 0 Å². The summed E-state index contributed by atoms with van der Waals surface area (Å²) in [6.45, 7) is 0.565. The number of carbonyl (C=O) groups excluding carboxylic acids is 1. The third-order valence-electron chi connectivity index (χ3n) is 2.48. The summed E-state index contributed by atoms with van der Waals surface area (Å²) in [4.78, 5) is 11.5. The third-order valence-corrected chi connectivity index (χ3v) is 2.48. The summed E-state index contributed by atoms with van der Waals surface area (Å²) in [6.07, 6.45) is 0.377. The van der Waals surface area contributed by atoms with Crippen LogP contribution in [-0.4, -0.2) is 12.6 Å². The van der Waals surface area contributed by atoms with E-state index in [1.54, 1.807) is 12.1 Å². The lowest BCUT2D eigenvalue weighted by Gasteiger charge is -2.06. The fraction of sp³-hybridized carbons (Fsp3) is 0.133. The molecule has 3 heteroatoms. The van der Waals surface area contributed by atoms with Crippen LogP contribution in [0.4, 0.5) is 4.79 Å². The van der Waals surface area contributed by atoms with E-state index in [-0.39, 0.29) is 0 Å². The Morgan fingerprint density at radius 1 is 0.944 bits per heavy atom. The highest BCUT2D eigenvalue weighted by molar-refractivity contribution is 5.70. The van der Waals surface area contributed by atoms with Gasteiger partial charge in [0.15, 0.2) is 0 Å². The van der Waals surface area contributed by atoms with E-state index >= 15 is 0 Å². The van der Waals surface area contributed by atoms with Crippen molar-refractivity contribution in [2.45, 2.75) is 6.42 Å². The molecule has 0 unspecified atom stereocenters. The lowest BCUT2D eigenvalue weighted by atomic mass is 10.1. The molecule has 2 aromatic carbocycles. The first kappa shape index (κ1) is 12.2. The lowest BCUT2D eigenvalue weighted by molar-refractivity contribution is 0.200. The van der Waals surface area contributed by atoms with Gasteiger partial charge in [-0.1, -0.05) is 48.5 Å². The summed E-state index contributed by atoms with van der Waals surface area (Å²) in [6, 6.07) is 19.0. The Balaban J connectivity index is 1.73. The monoisotopic (exact) mass is 241 g/mol. The normalized spacial score (nSPS) is 9.78. The van der Waals surface area contributed by atoms with Crippen molar-refractivity contribution >= 4 is 6.09 Å². The van der Waals surface area contributed by atoms with E-state index in [0.717, 1.165) is 6.42 Å². The second-order valence-corrected chi connectivity index (χ2v) is 3.86. The van der Waals surface area contributed by atoms with E-state index < -0.39 is 6.09 Å². The van der Waals surface area contributed by atoms with E-state index in [4.69, 9.17) is 4.74 Å². The molecular formula is C15H15NO2. The van der Waals surface area contributed by atoms with Gasteiger partial charge in [-0.3, -0.25) is 0 Å². The molecule has 0 spiro atoms. The molecule has 0 saturated heterocycles. The average molecular weight is 241 g/mol. The molecule has 0 radical (unpaired) electrons. The Labute approximate surface area is 106 Å². The van der Waals surface area contributed by atoms with Gasteiger partial charge in [0.1, 0.15) is 5.75 Å². The standard InChI is InChI=1S/C15H15NO2/c17-15(18-14-9-5-2-6-10-14)16-12-11-13-7-3-1-4-8-13/h1-10H,11-12H2,(H,16,17). The summed E-state index contributed by atoms with van der Waals surface area (Å²) in [7, 11) is 0. The van der Waals surface area contributed by atoms with E-state index in [1.165, 1.54) is 5.56 Å². The van der Waals surface area contributed by atoms with Crippen molar-refractivity contribution in [2.75, 3.05) is 6.54 Å². The second kappa shape index (κ2) is 6.45. The molecule has 0 aliphatic heterocycles. The van der Waals surface area contributed by atoms with Gasteiger partial charge >= 0.3 is 6.09 Å². The summed E-state index contributed by atoms with van der Waals surface area (Å²) < 4.78 is 5.10. The molecule has 0 atom stereocenters. The highest BCUT2D eigenvalue weighted by Crippen LogP contribution is 2.08. The second-order valence-electron chi connectivity index (χ2n) is 3.86. The number of rotatable bonds is 4. The van der Waals surface area contributed by atoms with Crippen LogP contribution in [0.25, 0.3) is 0 Å². The highest BCUT2D eigenvalue weighted by atomic mass is 16.5. The van der Waals surface area contributed by atoms with Crippen molar-refractivity contribution in [3.63, 3.8) is 0 Å². The molecule has 0 saturated carbocycles. The molecule has 0 aliphatic carbocycles. The number of benzene rings is 2.